The first-order chi connectivity index (χ1) is 16.4. The number of anilines is 1. The Kier molecular flexibility index (Phi) is 5.20. The van der Waals surface area contributed by atoms with Crippen LogP contribution < -0.4 is 24.5 Å². The van der Waals surface area contributed by atoms with E-state index in [-0.39, 0.29) is 27.4 Å². The molecule has 0 aliphatic carbocycles. The van der Waals surface area contributed by atoms with E-state index in [0.29, 0.717) is 27.8 Å². The van der Waals surface area contributed by atoms with Crippen LogP contribution >= 0.6 is 11.3 Å². The van der Waals surface area contributed by atoms with Crippen molar-refractivity contribution in [1.29, 1.82) is 0 Å². The monoisotopic (exact) mass is 483 g/mol. The fourth-order valence-corrected chi connectivity index (χ4v) is 4.81. The van der Waals surface area contributed by atoms with Crippen molar-refractivity contribution in [1.82, 2.24) is 10.2 Å². The molecule has 1 unspecified atom stereocenters. The van der Waals surface area contributed by atoms with Gasteiger partial charge < -0.3 is 18.6 Å². The quantitative estimate of drug-likeness (QED) is 0.421. The number of fused-ring (bicyclic) bond motifs is 2. The Balaban J connectivity index is 1.84. The molecule has 5 rings (SSSR count). The summed E-state index contributed by atoms with van der Waals surface area (Å²) in [5, 5.41) is 9.08. The predicted molar refractivity (Wildman–Crippen MR) is 122 cm³/mol. The minimum Gasteiger partial charge on any atom is -0.493 e. The van der Waals surface area contributed by atoms with Crippen LogP contribution in [-0.2, 0) is 0 Å². The molecular weight excluding hydrogens is 465 g/mol. The third-order valence-corrected chi connectivity index (χ3v) is 6.39. The molecule has 11 heteroatoms. The summed E-state index contributed by atoms with van der Waals surface area (Å²) in [7, 11) is 4.40. The third-order valence-electron chi connectivity index (χ3n) is 5.56. The second-order valence-corrected chi connectivity index (χ2v) is 8.61. The number of benzene rings is 2. The number of ether oxygens (including phenoxy) is 3. The van der Waals surface area contributed by atoms with Gasteiger partial charge in [0, 0.05) is 0 Å². The van der Waals surface area contributed by atoms with E-state index in [1.165, 1.54) is 49.7 Å². The molecule has 0 radical (unpaired) electrons. The van der Waals surface area contributed by atoms with E-state index in [0.717, 1.165) is 6.07 Å². The number of methoxy groups -OCH3 is 3. The maximum atomic E-state index is 14.0. The van der Waals surface area contributed by atoms with E-state index in [4.69, 9.17) is 18.6 Å². The van der Waals surface area contributed by atoms with Crippen molar-refractivity contribution in [2.75, 3.05) is 26.2 Å². The van der Waals surface area contributed by atoms with Gasteiger partial charge in [-0.25, -0.2) is 4.39 Å². The van der Waals surface area contributed by atoms with Crippen molar-refractivity contribution >= 4 is 33.3 Å². The molecule has 174 valence electrons. The van der Waals surface area contributed by atoms with Gasteiger partial charge in [-0.3, -0.25) is 14.5 Å². The molecule has 9 nitrogen and oxygen atoms in total. The first kappa shape index (κ1) is 21.8. The van der Waals surface area contributed by atoms with Crippen LogP contribution in [0.25, 0.3) is 11.0 Å². The summed E-state index contributed by atoms with van der Waals surface area (Å²) in [6.07, 6.45) is 0. The van der Waals surface area contributed by atoms with Crippen LogP contribution in [0.15, 0.2) is 39.5 Å². The van der Waals surface area contributed by atoms with Crippen LogP contribution in [-0.4, -0.2) is 37.4 Å². The van der Waals surface area contributed by atoms with Gasteiger partial charge in [0.15, 0.2) is 16.9 Å². The van der Waals surface area contributed by atoms with E-state index in [2.05, 4.69) is 10.2 Å². The molecule has 1 aliphatic rings. The van der Waals surface area contributed by atoms with Crippen molar-refractivity contribution in [3.63, 3.8) is 0 Å². The van der Waals surface area contributed by atoms with Crippen LogP contribution in [0, 0.1) is 12.7 Å². The number of nitrogens with zero attached hydrogens (tertiary/aromatic N) is 3. The predicted octanol–water partition coefficient (Wildman–Crippen LogP) is 3.87. The number of hydrogen-bond acceptors (Lipinski definition) is 9. The molecule has 1 amide bonds. The van der Waals surface area contributed by atoms with Gasteiger partial charge >= 0.3 is 0 Å². The number of carbonyl (C=O) groups excluding carboxylic acids is 1. The highest BCUT2D eigenvalue weighted by molar-refractivity contribution is 7.15. The Labute approximate surface area is 196 Å². The molecule has 2 aromatic heterocycles. The van der Waals surface area contributed by atoms with Gasteiger partial charge in [0.05, 0.1) is 38.3 Å². The number of aromatic nitrogens is 2. The molecule has 2 aromatic carbocycles. The average molecular weight is 483 g/mol. The highest BCUT2D eigenvalue weighted by Gasteiger charge is 2.45. The molecule has 0 saturated heterocycles. The van der Waals surface area contributed by atoms with Gasteiger partial charge in [-0.2, -0.15) is 0 Å². The number of aryl methyl sites for hydroxylation is 1. The molecular formula is C23H18FN3O6S. The molecule has 34 heavy (non-hydrogen) atoms. The maximum absolute atomic E-state index is 14.0. The largest absolute Gasteiger partial charge is 0.493 e. The molecule has 0 saturated carbocycles. The molecule has 1 aliphatic heterocycles. The number of halogens is 1. The Morgan fingerprint density at radius 2 is 1.74 bits per heavy atom. The lowest BCUT2D eigenvalue weighted by Gasteiger charge is -2.23. The van der Waals surface area contributed by atoms with Gasteiger partial charge in [0.2, 0.25) is 16.6 Å². The highest BCUT2D eigenvalue weighted by Crippen LogP contribution is 2.46. The molecule has 4 aromatic rings. The first-order valence-electron chi connectivity index (χ1n) is 10.1. The SMILES string of the molecule is COc1cc(C2c3c(oc4ccc(F)cc4c3=O)C(=O)N2c2nnc(C)s2)cc(OC)c1OC. The van der Waals surface area contributed by atoms with E-state index in [1.54, 1.807) is 19.1 Å². The van der Waals surface area contributed by atoms with Gasteiger partial charge in [0.25, 0.3) is 5.91 Å². The Morgan fingerprint density at radius 3 is 2.32 bits per heavy atom. The standard InChI is InChI=1S/C23H18FN3O6S/c1-10-25-26-23(34-10)27-18(11-7-15(30-2)20(32-4)16(8-11)31-3)17-19(28)13-9-12(24)5-6-14(13)33-21(17)22(27)29/h5-9,18H,1-4H3. The summed E-state index contributed by atoms with van der Waals surface area (Å²) in [6, 6.07) is 5.92. The second-order valence-electron chi connectivity index (χ2n) is 7.45. The Morgan fingerprint density at radius 1 is 1.03 bits per heavy atom. The fourth-order valence-electron chi connectivity index (χ4n) is 4.10. The Hall–Kier alpha value is -3.99. The van der Waals surface area contributed by atoms with E-state index >= 15 is 0 Å². The van der Waals surface area contributed by atoms with Crippen LogP contribution in [0.1, 0.15) is 32.7 Å². The van der Waals surface area contributed by atoms with Crippen molar-refractivity contribution in [3.8, 4) is 17.2 Å². The molecule has 0 spiro atoms. The minimum atomic E-state index is -0.951. The number of amides is 1. The maximum Gasteiger partial charge on any atom is 0.297 e. The van der Waals surface area contributed by atoms with Crippen LogP contribution in [0.5, 0.6) is 17.2 Å². The summed E-state index contributed by atoms with van der Waals surface area (Å²) < 4.78 is 36.1. The van der Waals surface area contributed by atoms with Gasteiger partial charge in [-0.1, -0.05) is 11.3 Å². The van der Waals surface area contributed by atoms with Crippen molar-refractivity contribution in [3.05, 3.63) is 68.3 Å². The zero-order valence-corrected chi connectivity index (χ0v) is 19.4. The third kappa shape index (κ3) is 3.19. The van der Waals surface area contributed by atoms with E-state index in [1.807, 2.05) is 0 Å². The fraction of sp³-hybridized carbons (Fsp3) is 0.217. The van der Waals surface area contributed by atoms with Gasteiger partial charge in [-0.05, 0) is 42.8 Å². The van der Waals surface area contributed by atoms with E-state index in [9.17, 15) is 14.0 Å². The zero-order valence-electron chi connectivity index (χ0n) is 18.5. The van der Waals surface area contributed by atoms with Gasteiger partial charge in [-0.15, -0.1) is 10.2 Å². The van der Waals surface area contributed by atoms with Crippen molar-refractivity contribution in [2.45, 2.75) is 13.0 Å². The van der Waals surface area contributed by atoms with Gasteiger partial charge in [0.1, 0.15) is 16.4 Å². The molecule has 0 N–H and O–H groups in total. The molecule has 3 heterocycles. The number of hydrogen-bond donors (Lipinski definition) is 0. The lowest BCUT2D eigenvalue weighted by molar-refractivity contribution is 0.0970. The lowest BCUT2D eigenvalue weighted by atomic mass is 9.98. The van der Waals surface area contributed by atoms with E-state index < -0.39 is 23.2 Å². The smallest absolute Gasteiger partial charge is 0.297 e. The Bertz CT molecular complexity index is 1490. The molecule has 0 bridgehead atoms. The summed E-state index contributed by atoms with van der Waals surface area (Å²) in [5.74, 6) is -0.275. The minimum absolute atomic E-state index is 0.0271. The summed E-state index contributed by atoms with van der Waals surface area (Å²) in [4.78, 5) is 28.5. The van der Waals surface area contributed by atoms with Crippen LogP contribution in [0.4, 0.5) is 9.52 Å². The van der Waals surface area contributed by atoms with Crippen LogP contribution in [0.2, 0.25) is 0 Å². The summed E-state index contributed by atoms with van der Waals surface area (Å²) in [5.41, 5.74) is 0.131. The average Bonchev–Trinajstić information content (AvgIpc) is 3.39. The molecule has 0 fully saturated rings. The topological polar surface area (TPSA) is 104 Å². The normalized spacial score (nSPS) is 15.0. The summed E-state index contributed by atoms with van der Waals surface area (Å²) in [6.45, 7) is 1.75. The number of rotatable bonds is 5. The second kappa shape index (κ2) is 8.10. The highest BCUT2D eigenvalue weighted by atomic mass is 32.1. The van der Waals surface area contributed by atoms with Crippen molar-refractivity contribution < 1.29 is 27.8 Å². The van der Waals surface area contributed by atoms with Crippen molar-refractivity contribution in [2.24, 2.45) is 0 Å². The first-order valence-corrected chi connectivity index (χ1v) is 10.9. The summed E-state index contributed by atoms with van der Waals surface area (Å²) >= 11 is 1.19. The zero-order chi connectivity index (χ0) is 24.1. The van der Waals surface area contributed by atoms with Crippen LogP contribution in [0.3, 0.4) is 0 Å². The lowest BCUT2D eigenvalue weighted by Crippen LogP contribution is -2.29. The number of carbonyl (C=O) groups is 1. The molecule has 1 atom stereocenters.